The van der Waals surface area contributed by atoms with Crippen molar-refractivity contribution in [1.82, 2.24) is 10.6 Å². The largest absolute Gasteiger partial charge is 0.388 e. The first-order valence-corrected chi connectivity index (χ1v) is 6.07. The number of nitrogens with one attached hydrogen (secondary N) is 2. The summed E-state index contributed by atoms with van der Waals surface area (Å²) in [6.07, 6.45) is 1.70. The van der Waals surface area contributed by atoms with Crippen LogP contribution in [0.25, 0.3) is 0 Å². The van der Waals surface area contributed by atoms with E-state index in [1.54, 1.807) is 6.92 Å². The van der Waals surface area contributed by atoms with Gasteiger partial charge in [0.25, 0.3) is 0 Å². The summed E-state index contributed by atoms with van der Waals surface area (Å²) in [5.74, 6) is 0.364. The summed E-state index contributed by atoms with van der Waals surface area (Å²) in [6, 6.07) is 0. The molecule has 0 aromatic heterocycles. The third kappa shape index (κ3) is 8.68. The fourth-order valence-electron chi connectivity index (χ4n) is 1.68. The zero-order chi connectivity index (χ0) is 12.6. The number of aliphatic hydroxyl groups is 1. The molecule has 0 radical (unpaired) electrons. The molecule has 0 fully saturated rings. The topological polar surface area (TPSA) is 61.4 Å². The number of carbonyl (C=O) groups excluding carboxylic acids is 1. The molecule has 0 aromatic carbocycles. The van der Waals surface area contributed by atoms with Crippen molar-refractivity contribution in [3.63, 3.8) is 0 Å². The Morgan fingerprint density at radius 2 is 2.06 bits per heavy atom. The van der Waals surface area contributed by atoms with E-state index in [1.165, 1.54) is 0 Å². The van der Waals surface area contributed by atoms with E-state index in [0.29, 0.717) is 25.4 Å². The summed E-state index contributed by atoms with van der Waals surface area (Å²) in [4.78, 5) is 11.4. The van der Waals surface area contributed by atoms with E-state index >= 15 is 0 Å². The Morgan fingerprint density at radius 1 is 1.44 bits per heavy atom. The lowest BCUT2D eigenvalue weighted by atomic mass is 9.94. The number of amides is 1. The molecule has 4 nitrogen and oxygen atoms in total. The van der Waals surface area contributed by atoms with Gasteiger partial charge in [0.1, 0.15) is 0 Å². The van der Waals surface area contributed by atoms with Crippen LogP contribution in [-0.2, 0) is 4.79 Å². The molecule has 1 atom stereocenters. The Kier molecular flexibility index (Phi) is 7.34. The van der Waals surface area contributed by atoms with Crippen LogP contribution in [-0.4, -0.2) is 36.2 Å². The number of hydrogen-bond donors (Lipinski definition) is 3. The first-order chi connectivity index (χ1) is 7.37. The number of hydrogen-bond acceptors (Lipinski definition) is 3. The van der Waals surface area contributed by atoms with Gasteiger partial charge in [-0.05, 0) is 32.2 Å². The van der Waals surface area contributed by atoms with Gasteiger partial charge >= 0.3 is 0 Å². The second-order valence-electron chi connectivity index (χ2n) is 5.05. The van der Waals surface area contributed by atoms with E-state index in [1.807, 2.05) is 0 Å². The van der Waals surface area contributed by atoms with Crippen LogP contribution in [0.2, 0.25) is 0 Å². The van der Waals surface area contributed by atoms with Gasteiger partial charge in [-0.25, -0.2) is 0 Å². The summed E-state index contributed by atoms with van der Waals surface area (Å²) in [7, 11) is 0. The van der Waals surface area contributed by atoms with Crippen LogP contribution in [0.5, 0.6) is 0 Å². The molecule has 0 saturated heterocycles. The number of carbonyl (C=O) groups is 1. The first-order valence-electron chi connectivity index (χ1n) is 6.07. The minimum absolute atomic E-state index is 0.0579. The maximum absolute atomic E-state index is 11.4. The van der Waals surface area contributed by atoms with Crippen LogP contribution in [0.4, 0.5) is 0 Å². The van der Waals surface area contributed by atoms with Crippen molar-refractivity contribution in [3.8, 4) is 0 Å². The zero-order valence-electron chi connectivity index (χ0n) is 11.0. The molecule has 3 N–H and O–H groups in total. The van der Waals surface area contributed by atoms with Crippen molar-refractivity contribution in [1.29, 1.82) is 0 Å². The maximum Gasteiger partial charge on any atom is 0.234 e. The lowest BCUT2D eigenvalue weighted by molar-refractivity contribution is -0.121. The molecule has 1 amide bonds. The predicted molar refractivity (Wildman–Crippen MR) is 66.2 cm³/mol. The minimum atomic E-state index is -0.811. The Balaban J connectivity index is 3.72. The van der Waals surface area contributed by atoms with Gasteiger partial charge in [-0.15, -0.1) is 0 Å². The molecule has 1 unspecified atom stereocenters. The molecule has 0 saturated carbocycles. The van der Waals surface area contributed by atoms with Crippen molar-refractivity contribution >= 4 is 5.91 Å². The second-order valence-corrected chi connectivity index (χ2v) is 5.05. The number of rotatable bonds is 8. The highest BCUT2D eigenvalue weighted by atomic mass is 16.3. The molecule has 0 aromatic rings. The van der Waals surface area contributed by atoms with Crippen molar-refractivity contribution < 1.29 is 9.90 Å². The average molecular weight is 230 g/mol. The fourth-order valence-corrected chi connectivity index (χ4v) is 1.68. The van der Waals surface area contributed by atoms with Gasteiger partial charge in [0, 0.05) is 6.54 Å². The molecule has 0 bridgehead atoms. The van der Waals surface area contributed by atoms with Crippen molar-refractivity contribution in [2.45, 2.75) is 46.1 Å². The van der Waals surface area contributed by atoms with Crippen LogP contribution in [0.1, 0.15) is 40.5 Å². The molecule has 0 rings (SSSR count). The lowest BCUT2D eigenvalue weighted by Crippen LogP contribution is -2.44. The average Bonchev–Trinajstić information content (AvgIpc) is 2.13. The summed E-state index contributed by atoms with van der Waals surface area (Å²) < 4.78 is 0. The summed E-state index contributed by atoms with van der Waals surface area (Å²) >= 11 is 0. The quantitative estimate of drug-likeness (QED) is 0.543. The molecule has 16 heavy (non-hydrogen) atoms. The van der Waals surface area contributed by atoms with E-state index < -0.39 is 5.60 Å². The highest BCUT2D eigenvalue weighted by molar-refractivity contribution is 5.78. The second kappa shape index (κ2) is 7.63. The lowest BCUT2D eigenvalue weighted by Gasteiger charge is -2.25. The van der Waals surface area contributed by atoms with Crippen molar-refractivity contribution in [2.75, 3.05) is 19.6 Å². The smallest absolute Gasteiger partial charge is 0.234 e. The Morgan fingerprint density at radius 3 is 2.56 bits per heavy atom. The molecule has 0 aliphatic rings. The molecule has 0 aliphatic heterocycles. The molecule has 0 aliphatic carbocycles. The van der Waals surface area contributed by atoms with Gasteiger partial charge < -0.3 is 15.7 Å². The van der Waals surface area contributed by atoms with Gasteiger partial charge in [0.05, 0.1) is 12.1 Å². The molecular weight excluding hydrogens is 204 g/mol. The fraction of sp³-hybridized carbons (Fsp3) is 0.917. The summed E-state index contributed by atoms with van der Waals surface area (Å²) in [6.45, 7) is 9.41. The highest BCUT2D eigenvalue weighted by Gasteiger charge is 2.22. The third-order valence-electron chi connectivity index (χ3n) is 2.23. The van der Waals surface area contributed by atoms with E-state index in [4.69, 9.17) is 0 Å². The molecule has 96 valence electrons. The van der Waals surface area contributed by atoms with Gasteiger partial charge in [0.15, 0.2) is 0 Å². The maximum atomic E-state index is 11.4. The minimum Gasteiger partial charge on any atom is -0.388 e. The van der Waals surface area contributed by atoms with Gasteiger partial charge in [-0.3, -0.25) is 4.79 Å². The van der Waals surface area contributed by atoms with E-state index in [-0.39, 0.29) is 5.91 Å². The van der Waals surface area contributed by atoms with Gasteiger partial charge in [-0.2, -0.15) is 0 Å². The van der Waals surface area contributed by atoms with Crippen LogP contribution in [0, 0.1) is 5.92 Å². The zero-order valence-corrected chi connectivity index (χ0v) is 11.0. The molecule has 0 heterocycles. The Bertz CT molecular complexity index is 203. The Labute approximate surface area is 98.8 Å². The standard InChI is InChI=1S/C12H26N2O2/c1-5-6-13-8-11(15)14-9-12(4,16)7-10(2)3/h10,13,16H,5-9H2,1-4H3,(H,14,15). The van der Waals surface area contributed by atoms with Crippen LogP contribution in [0.3, 0.4) is 0 Å². The van der Waals surface area contributed by atoms with Crippen molar-refractivity contribution in [3.05, 3.63) is 0 Å². The van der Waals surface area contributed by atoms with E-state index in [2.05, 4.69) is 31.4 Å². The highest BCUT2D eigenvalue weighted by Crippen LogP contribution is 2.14. The normalized spacial score (nSPS) is 14.9. The van der Waals surface area contributed by atoms with E-state index in [0.717, 1.165) is 13.0 Å². The Hall–Kier alpha value is -0.610. The van der Waals surface area contributed by atoms with Gasteiger partial charge in [0.2, 0.25) is 5.91 Å². The summed E-state index contributed by atoms with van der Waals surface area (Å²) in [5, 5.41) is 15.7. The summed E-state index contributed by atoms with van der Waals surface area (Å²) in [5.41, 5.74) is -0.811. The monoisotopic (exact) mass is 230 g/mol. The SMILES string of the molecule is CCCNCC(=O)NCC(C)(O)CC(C)C. The van der Waals surface area contributed by atoms with Crippen LogP contribution < -0.4 is 10.6 Å². The third-order valence-corrected chi connectivity index (χ3v) is 2.23. The van der Waals surface area contributed by atoms with Crippen LogP contribution >= 0.6 is 0 Å². The first kappa shape index (κ1) is 15.4. The van der Waals surface area contributed by atoms with Crippen molar-refractivity contribution in [2.24, 2.45) is 5.92 Å². The predicted octanol–water partition coefficient (Wildman–Crippen LogP) is 0.899. The van der Waals surface area contributed by atoms with Gasteiger partial charge in [-0.1, -0.05) is 20.8 Å². The van der Waals surface area contributed by atoms with Crippen LogP contribution in [0.15, 0.2) is 0 Å². The van der Waals surface area contributed by atoms with E-state index in [9.17, 15) is 9.90 Å². The molecule has 4 heteroatoms. The molecular formula is C12H26N2O2. The molecule has 0 spiro atoms.